The van der Waals surface area contributed by atoms with Crippen LogP contribution in [0.5, 0.6) is 0 Å². The Labute approximate surface area is 165 Å². The highest BCUT2D eigenvalue weighted by atomic mass is 35.5. The summed E-state index contributed by atoms with van der Waals surface area (Å²) in [5.41, 5.74) is 2.76. The molecule has 1 aromatic carbocycles. The molecule has 0 aliphatic carbocycles. The predicted molar refractivity (Wildman–Crippen MR) is 107 cm³/mol. The van der Waals surface area contributed by atoms with Crippen molar-refractivity contribution in [2.45, 2.75) is 37.3 Å². The molecular weight excluding hydrogens is 370 g/mol. The average molecular weight is 396 g/mol. The summed E-state index contributed by atoms with van der Waals surface area (Å²) in [5.74, 6) is 2.29. The Morgan fingerprint density at radius 3 is 2.88 bits per heavy atom. The summed E-state index contributed by atoms with van der Waals surface area (Å²) in [6, 6.07) is 7.77. The Morgan fingerprint density at radius 1 is 1.38 bits per heavy atom. The maximum atomic E-state index is 12.6. The van der Waals surface area contributed by atoms with Crippen molar-refractivity contribution < 1.29 is 9.32 Å². The maximum Gasteiger partial charge on any atom is 0.252 e. The van der Waals surface area contributed by atoms with Crippen molar-refractivity contribution >= 4 is 30.1 Å². The number of nitrogens with zero attached hydrogens (tertiary/aromatic N) is 1. The highest BCUT2D eigenvalue weighted by Crippen LogP contribution is 2.28. The van der Waals surface area contributed by atoms with Gasteiger partial charge in [0, 0.05) is 22.8 Å². The lowest BCUT2D eigenvalue weighted by atomic mass is 10.1. The molecule has 2 heterocycles. The Morgan fingerprint density at radius 2 is 2.19 bits per heavy atom. The Balaban J connectivity index is 0.00000243. The van der Waals surface area contributed by atoms with E-state index in [4.69, 9.17) is 4.52 Å². The fourth-order valence-electron chi connectivity index (χ4n) is 3.08. The number of rotatable bonds is 7. The molecule has 0 saturated carbocycles. The standard InChI is InChI=1S/C19H25N3O2S.ClH/c1-13-17(14(2)24-22-13)12-25-18-6-4-3-5-16(18)19(23)21-10-8-15-7-9-20-11-15;/h3-6,15,20H,7-12H2,1-2H3,(H,21,23);1H. The van der Waals surface area contributed by atoms with Gasteiger partial charge in [-0.05, 0) is 57.8 Å². The lowest BCUT2D eigenvalue weighted by Crippen LogP contribution is -2.26. The van der Waals surface area contributed by atoms with Crippen molar-refractivity contribution in [1.29, 1.82) is 0 Å². The van der Waals surface area contributed by atoms with E-state index in [0.29, 0.717) is 5.92 Å². The Bertz CT molecular complexity index is 710. The van der Waals surface area contributed by atoms with Crippen LogP contribution in [0.25, 0.3) is 0 Å². The van der Waals surface area contributed by atoms with Crippen LogP contribution in [0, 0.1) is 19.8 Å². The molecule has 1 aliphatic heterocycles. The van der Waals surface area contributed by atoms with E-state index in [2.05, 4.69) is 15.8 Å². The Kier molecular flexibility index (Phi) is 8.00. The van der Waals surface area contributed by atoms with Crippen LogP contribution in [0.4, 0.5) is 0 Å². The smallest absolute Gasteiger partial charge is 0.252 e. The van der Waals surface area contributed by atoms with Crippen LogP contribution in [-0.2, 0) is 5.75 Å². The van der Waals surface area contributed by atoms with Crippen LogP contribution in [0.2, 0.25) is 0 Å². The molecule has 0 spiro atoms. The number of aromatic nitrogens is 1. The molecule has 1 aliphatic rings. The SMILES string of the molecule is Cc1noc(C)c1CSc1ccccc1C(=O)NCCC1CCNC1.Cl. The molecule has 1 amide bonds. The fraction of sp³-hybridized carbons (Fsp3) is 0.474. The van der Waals surface area contributed by atoms with E-state index in [1.807, 2.05) is 38.1 Å². The molecule has 1 aromatic heterocycles. The summed E-state index contributed by atoms with van der Waals surface area (Å²) in [6.07, 6.45) is 2.24. The molecule has 1 unspecified atom stereocenters. The van der Waals surface area contributed by atoms with E-state index in [-0.39, 0.29) is 18.3 Å². The predicted octanol–water partition coefficient (Wildman–Crippen LogP) is 3.73. The third-order valence-corrected chi connectivity index (χ3v) is 5.79. The normalized spacial score (nSPS) is 16.3. The van der Waals surface area contributed by atoms with E-state index in [9.17, 15) is 4.79 Å². The van der Waals surface area contributed by atoms with Gasteiger partial charge in [-0.25, -0.2) is 0 Å². The van der Waals surface area contributed by atoms with E-state index in [1.54, 1.807) is 11.8 Å². The second kappa shape index (κ2) is 10.00. The zero-order valence-corrected chi connectivity index (χ0v) is 16.8. The van der Waals surface area contributed by atoms with Gasteiger partial charge in [-0.15, -0.1) is 24.2 Å². The van der Waals surface area contributed by atoms with Crippen molar-refractivity contribution in [2.75, 3.05) is 19.6 Å². The lowest BCUT2D eigenvalue weighted by Gasteiger charge is -2.12. The first-order valence-corrected chi connectivity index (χ1v) is 9.76. The molecule has 3 rings (SSSR count). The second-order valence-corrected chi connectivity index (χ2v) is 7.51. The highest BCUT2D eigenvalue weighted by Gasteiger charge is 2.16. The number of hydrogen-bond acceptors (Lipinski definition) is 5. The monoisotopic (exact) mass is 395 g/mol. The first kappa shape index (κ1) is 20.8. The fourth-order valence-corrected chi connectivity index (χ4v) is 4.29. The summed E-state index contributed by atoms with van der Waals surface area (Å²) in [4.78, 5) is 13.6. The summed E-state index contributed by atoms with van der Waals surface area (Å²) in [6.45, 7) is 6.77. The number of carbonyl (C=O) groups excluding carboxylic acids is 1. The zero-order valence-electron chi connectivity index (χ0n) is 15.2. The summed E-state index contributed by atoms with van der Waals surface area (Å²) >= 11 is 1.65. The van der Waals surface area contributed by atoms with Gasteiger partial charge in [-0.1, -0.05) is 17.3 Å². The molecule has 1 saturated heterocycles. The molecule has 0 bridgehead atoms. The first-order chi connectivity index (χ1) is 12.1. The number of aryl methyl sites for hydroxylation is 2. The van der Waals surface area contributed by atoms with Crippen LogP contribution in [-0.4, -0.2) is 30.7 Å². The molecule has 0 radical (unpaired) electrons. The third kappa shape index (κ3) is 5.25. The van der Waals surface area contributed by atoms with Crippen molar-refractivity contribution in [3.63, 3.8) is 0 Å². The number of carbonyl (C=O) groups is 1. The van der Waals surface area contributed by atoms with E-state index >= 15 is 0 Å². The van der Waals surface area contributed by atoms with Crippen molar-refractivity contribution in [3.05, 3.63) is 46.8 Å². The minimum Gasteiger partial charge on any atom is -0.361 e. The van der Waals surface area contributed by atoms with Crippen LogP contribution in [0.3, 0.4) is 0 Å². The highest BCUT2D eigenvalue weighted by molar-refractivity contribution is 7.98. The van der Waals surface area contributed by atoms with E-state index < -0.39 is 0 Å². The Hall–Kier alpha value is -1.50. The minimum atomic E-state index is 0. The number of nitrogens with one attached hydrogen (secondary N) is 2. The molecule has 7 heteroatoms. The van der Waals surface area contributed by atoms with Crippen molar-refractivity contribution in [1.82, 2.24) is 15.8 Å². The number of benzene rings is 1. The van der Waals surface area contributed by atoms with E-state index in [0.717, 1.165) is 59.3 Å². The number of thioether (sulfide) groups is 1. The van der Waals surface area contributed by atoms with Gasteiger partial charge in [0.05, 0.1) is 11.3 Å². The van der Waals surface area contributed by atoms with Gasteiger partial charge >= 0.3 is 0 Å². The molecule has 1 atom stereocenters. The van der Waals surface area contributed by atoms with Crippen LogP contribution >= 0.6 is 24.2 Å². The summed E-state index contributed by atoms with van der Waals surface area (Å²) < 4.78 is 5.22. The van der Waals surface area contributed by atoms with E-state index in [1.165, 1.54) is 6.42 Å². The molecular formula is C19H26ClN3O2S. The number of halogens is 1. The van der Waals surface area contributed by atoms with Crippen LogP contribution < -0.4 is 10.6 Å². The van der Waals surface area contributed by atoms with Gasteiger partial charge < -0.3 is 15.2 Å². The third-order valence-electron chi connectivity index (χ3n) is 4.69. The summed E-state index contributed by atoms with van der Waals surface area (Å²) in [5, 5.41) is 10.4. The van der Waals surface area contributed by atoms with Crippen LogP contribution in [0.1, 0.15) is 40.2 Å². The van der Waals surface area contributed by atoms with Gasteiger partial charge in [-0.2, -0.15) is 0 Å². The molecule has 5 nitrogen and oxygen atoms in total. The molecule has 2 N–H and O–H groups in total. The quantitative estimate of drug-likeness (QED) is 0.699. The lowest BCUT2D eigenvalue weighted by molar-refractivity contribution is 0.0948. The number of amides is 1. The first-order valence-electron chi connectivity index (χ1n) is 8.77. The second-order valence-electron chi connectivity index (χ2n) is 6.49. The van der Waals surface area contributed by atoms with Gasteiger partial charge in [0.1, 0.15) is 5.76 Å². The van der Waals surface area contributed by atoms with Gasteiger partial charge in [-0.3, -0.25) is 4.79 Å². The molecule has 26 heavy (non-hydrogen) atoms. The van der Waals surface area contributed by atoms with Gasteiger partial charge in [0.2, 0.25) is 0 Å². The van der Waals surface area contributed by atoms with Crippen LogP contribution in [0.15, 0.2) is 33.7 Å². The average Bonchev–Trinajstić information content (AvgIpc) is 3.24. The summed E-state index contributed by atoms with van der Waals surface area (Å²) in [7, 11) is 0. The topological polar surface area (TPSA) is 67.2 Å². The van der Waals surface area contributed by atoms with Gasteiger partial charge in [0.15, 0.2) is 0 Å². The largest absolute Gasteiger partial charge is 0.361 e. The maximum absolute atomic E-state index is 12.6. The molecule has 2 aromatic rings. The van der Waals surface area contributed by atoms with Gasteiger partial charge in [0.25, 0.3) is 5.91 Å². The number of hydrogen-bond donors (Lipinski definition) is 2. The minimum absolute atomic E-state index is 0. The zero-order chi connectivity index (χ0) is 17.6. The molecule has 1 fully saturated rings. The van der Waals surface area contributed by atoms with Crippen molar-refractivity contribution in [3.8, 4) is 0 Å². The molecule has 142 valence electrons. The van der Waals surface area contributed by atoms with Crippen molar-refractivity contribution in [2.24, 2.45) is 5.92 Å².